The number of nitrogens with zero attached hydrogens (tertiary/aromatic N) is 3. The molecule has 0 radical (unpaired) electrons. The highest BCUT2D eigenvalue weighted by molar-refractivity contribution is 5.95. The van der Waals surface area contributed by atoms with Crippen LogP contribution in [0.4, 0.5) is 16.2 Å². The van der Waals surface area contributed by atoms with Crippen LogP contribution < -0.4 is 10.2 Å². The van der Waals surface area contributed by atoms with Crippen LogP contribution in [0.1, 0.15) is 15.9 Å². The normalized spacial score (nSPS) is 13.5. The van der Waals surface area contributed by atoms with Gasteiger partial charge in [-0.3, -0.25) is 14.4 Å². The Bertz CT molecular complexity index is 861. The Balaban J connectivity index is 1.70. The molecule has 2 aromatic rings. The van der Waals surface area contributed by atoms with E-state index in [4.69, 9.17) is 4.74 Å². The van der Waals surface area contributed by atoms with E-state index in [0.29, 0.717) is 24.5 Å². The fraction of sp³-hybridized carbons (Fsp3) is 0.294. The quantitative estimate of drug-likeness (QED) is 0.814. The minimum Gasteiger partial charge on any atom is -0.465 e. The van der Waals surface area contributed by atoms with Gasteiger partial charge in [0.05, 0.1) is 31.1 Å². The van der Waals surface area contributed by atoms with E-state index < -0.39 is 12.1 Å². The second kappa shape index (κ2) is 7.26. The van der Waals surface area contributed by atoms with Gasteiger partial charge in [0.25, 0.3) is 0 Å². The fourth-order valence-electron chi connectivity index (χ4n) is 2.67. The predicted octanol–water partition coefficient (Wildman–Crippen LogP) is 1.57. The number of carbonyl (C=O) groups is 3. The lowest BCUT2D eigenvalue weighted by Crippen LogP contribution is -2.25. The van der Waals surface area contributed by atoms with Crippen molar-refractivity contribution in [2.75, 3.05) is 30.5 Å². The van der Waals surface area contributed by atoms with E-state index in [-0.39, 0.29) is 18.0 Å². The van der Waals surface area contributed by atoms with Crippen LogP contribution in [0.5, 0.6) is 0 Å². The van der Waals surface area contributed by atoms with Crippen molar-refractivity contribution in [1.82, 2.24) is 9.78 Å². The summed E-state index contributed by atoms with van der Waals surface area (Å²) in [6.45, 7) is 2.57. The van der Waals surface area contributed by atoms with Crippen LogP contribution >= 0.6 is 0 Å². The maximum Gasteiger partial charge on any atom is 0.414 e. The first kappa shape index (κ1) is 17.5. The van der Waals surface area contributed by atoms with E-state index in [0.717, 1.165) is 5.56 Å². The number of aromatic nitrogens is 2. The summed E-state index contributed by atoms with van der Waals surface area (Å²) in [6, 6.07) is 5.31. The first-order chi connectivity index (χ1) is 12.5. The monoisotopic (exact) mass is 358 g/mol. The van der Waals surface area contributed by atoms with Crippen LogP contribution in [0.2, 0.25) is 0 Å². The molecule has 0 bridgehead atoms. The maximum atomic E-state index is 12.3. The first-order valence-electron chi connectivity index (χ1n) is 7.94. The van der Waals surface area contributed by atoms with Gasteiger partial charge in [0.15, 0.2) is 0 Å². The van der Waals surface area contributed by atoms with Crippen molar-refractivity contribution in [3.8, 4) is 0 Å². The summed E-state index contributed by atoms with van der Waals surface area (Å²) in [5, 5.41) is 6.76. The van der Waals surface area contributed by atoms with Crippen molar-refractivity contribution in [3.63, 3.8) is 0 Å². The van der Waals surface area contributed by atoms with Crippen molar-refractivity contribution in [1.29, 1.82) is 0 Å². The maximum absolute atomic E-state index is 12.3. The minimum absolute atomic E-state index is 0.0631. The molecule has 0 saturated carbocycles. The molecule has 0 unspecified atom stereocenters. The summed E-state index contributed by atoms with van der Waals surface area (Å²) in [6.07, 6.45) is 2.38. The number of carbonyl (C=O) groups excluding carboxylic acids is 3. The number of hydrogen-bond acceptors (Lipinski definition) is 6. The Hall–Kier alpha value is -3.36. The molecule has 0 spiro atoms. The lowest BCUT2D eigenvalue weighted by molar-refractivity contribution is -0.116. The Labute approximate surface area is 149 Å². The molecule has 0 atom stereocenters. The molecule has 1 aliphatic rings. The van der Waals surface area contributed by atoms with Gasteiger partial charge >= 0.3 is 12.1 Å². The summed E-state index contributed by atoms with van der Waals surface area (Å²) in [7, 11) is 1.28. The van der Waals surface area contributed by atoms with Crippen LogP contribution in [-0.2, 0) is 20.8 Å². The average molecular weight is 358 g/mol. The highest BCUT2D eigenvalue weighted by Crippen LogP contribution is 2.28. The molecule has 1 aromatic carbocycles. The first-order valence-corrected chi connectivity index (χ1v) is 7.94. The molecule has 3 rings (SSSR count). The summed E-state index contributed by atoms with van der Waals surface area (Å²) in [5.74, 6) is -0.827. The van der Waals surface area contributed by atoms with E-state index in [1.54, 1.807) is 18.2 Å². The van der Waals surface area contributed by atoms with Gasteiger partial charge < -0.3 is 14.8 Å². The van der Waals surface area contributed by atoms with E-state index >= 15 is 0 Å². The molecule has 1 fully saturated rings. The number of anilines is 2. The number of amides is 2. The van der Waals surface area contributed by atoms with E-state index in [1.165, 1.54) is 29.1 Å². The molecule has 2 heterocycles. The highest BCUT2D eigenvalue weighted by atomic mass is 16.6. The van der Waals surface area contributed by atoms with Crippen molar-refractivity contribution in [2.45, 2.75) is 13.5 Å². The Morgan fingerprint density at radius 3 is 2.88 bits per heavy atom. The summed E-state index contributed by atoms with van der Waals surface area (Å²) in [4.78, 5) is 37.0. The smallest absolute Gasteiger partial charge is 0.414 e. The molecule has 9 heteroatoms. The number of benzene rings is 1. The largest absolute Gasteiger partial charge is 0.465 e. The van der Waals surface area contributed by atoms with Gasteiger partial charge in [-0.15, -0.1) is 0 Å². The van der Waals surface area contributed by atoms with Crippen molar-refractivity contribution in [2.24, 2.45) is 0 Å². The third kappa shape index (κ3) is 3.51. The van der Waals surface area contributed by atoms with Gasteiger partial charge in [0, 0.05) is 11.9 Å². The van der Waals surface area contributed by atoms with Gasteiger partial charge in [0.2, 0.25) is 5.91 Å². The second-order valence-electron chi connectivity index (χ2n) is 5.68. The number of rotatable bonds is 5. The molecule has 9 nitrogen and oxygen atoms in total. The molecule has 2 amide bonds. The lowest BCUT2D eigenvalue weighted by atomic mass is 10.1. The topological polar surface area (TPSA) is 103 Å². The molecule has 0 aliphatic carbocycles. The zero-order chi connectivity index (χ0) is 18.7. The number of ether oxygens (including phenoxy) is 2. The van der Waals surface area contributed by atoms with Crippen LogP contribution in [0, 0.1) is 6.92 Å². The van der Waals surface area contributed by atoms with Gasteiger partial charge in [-0.05, 0) is 24.6 Å². The molecule has 1 aromatic heterocycles. The van der Waals surface area contributed by atoms with Crippen LogP contribution in [0.3, 0.4) is 0 Å². The third-order valence-electron chi connectivity index (χ3n) is 3.99. The average Bonchev–Trinajstić information content (AvgIpc) is 3.25. The fourth-order valence-corrected chi connectivity index (χ4v) is 2.67. The number of nitrogens with one attached hydrogen (secondary N) is 1. The number of methoxy groups -OCH3 is 1. The van der Waals surface area contributed by atoms with Crippen molar-refractivity contribution >= 4 is 29.3 Å². The van der Waals surface area contributed by atoms with E-state index in [1.807, 2.05) is 6.92 Å². The Kier molecular flexibility index (Phi) is 4.87. The molecule has 1 N–H and O–H groups in total. The Morgan fingerprint density at radius 2 is 2.19 bits per heavy atom. The standard InChI is InChI=1S/C17H18N4O5/c1-11-13(4-3-5-14(11)21-6-7-26-17(21)24)19-15(22)10-20-9-12(8-18-20)16(23)25-2/h3-5,8-9H,6-7,10H2,1-2H3,(H,19,22). The zero-order valence-electron chi connectivity index (χ0n) is 14.4. The number of hydrogen-bond donors (Lipinski definition) is 1. The summed E-state index contributed by atoms with van der Waals surface area (Å²) >= 11 is 0. The highest BCUT2D eigenvalue weighted by Gasteiger charge is 2.25. The van der Waals surface area contributed by atoms with Crippen molar-refractivity contribution < 1.29 is 23.9 Å². The molecular formula is C17H18N4O5. The predicted molar refractivity (Wildman–Crippen MR) is 92.1 cm³/mol. The van der Waals surface area contributed by atoms with Crippen LogP contribution in [-0.4, -0.2) is 48.0 Å². The van der Waals surface area contributed by atoms with Crippen molar-refractivity contribution in [3.05, 3.63) is 41.7 Å². The van der Waals surface area contributed by atoms with Crippen LogP contribution in [0.15, 0.2) is 30.6 Å². The minimum atomic E-state index is -0.516. The second-order valence-corrected chi connectivity index (χ2v) is 5.68. The molecule has 1 saturated heterocycles. The summed E-state index contributed by atoms with van der Waals surface area (Å²) < 4.78 is 10.9. The molecule has 136 valence electrons. The SMILES string of the molecule is COC(=O)c1cnn(CC(=O)Nc2cccc(N3CCOC3=O)c2C)c1. The van der Waals surface area contributed by atoms with Gasteiger partial charge in [-0.25, -0.2) is 9.59 Å². The Morgan fingerprint density at radius 1 is 1.38 bits per heavy atom. The molecular weight excluding hydrogens is 340 g/mol. The van der Waals surface area contributed by atoms with E-state index in [2.05, 4.69) is 15.2 Å². The zero-order valence-corrected chi connectivity index (χ0v) is 14.4. The van der Waals surface area contributed by atoms with Gasteiger partial charge in [0.1, 0.15) is 13.2 Å². The van der Waals surface area contributed by atoms with Gasteiger partial charge in [-0.1, -0.05) is 6.07 Å². The molecule has 1 aliphatic heterocycles. The van der Waals surface area contributed by atoms with Gasteiger partial charge in [-0.2, -0.15) is 5.10 Å². The number of esters is 1. The number of cyclic esters (lactones) is 1. The third-order valence-corrected chi connectivity index (χ3v) is 3.99. The van der Waals surface area contributed by atoms with E-state index in [9.17, 15) is 14.4 Å². The van der Waals surface area contributed by atoms with Crippen LogP contribution in [0.25, 0.3) is 0 Å². The summed E-state index contributed by atoms with van der Waals surface area (Å²) in [5.41, 5.74) is 2.31. The lowest BCUT2D eigenvalue weighted by Gasteiger charge is -2.18. The molecule has 26 heavy (non-hydrogen) atoms.